The molecule has 2 aromatic rings. The Hall–Kier alpha value is -2.05. The standard InChI is InChI=1S/C18H20N2O3S/c1-12(13-2-3-15-16(8-13)23-11-22-15)19-18(21)10-20-6-4-17-14(9-20)5-7-24-17/h2-3,5,7-8,12H,4,6,9-11H2,1H3,(H,19,21)/t12-/m0/s1. The normalized spacial score (nSPS) is 17.4. The third-order valence-electron chi connectivity index (χ3n) is 4.53. The average molecular weight is 344 g/mol. The number of benzene rings is 1. The van der Waals surface area contributed by atoms with Crippen molar-refractivity contribution in [3.05, 3.63) is 45.6 Å². The van der Waals surface area contributed by atoms with Crippen LogP contribution in [0.25, 0.3) is 0 Å². The number of nitrogens with one attached hydrogen (secondary N) is 1. The molecule has 0 spiro atoms. The number of hydrogen-bond acceptors (Lipinski definition) is 5. The molecule has 6 heteroatoms. The second-order valence-corrected chi connectivity index (χ2v) is 7.23. The van der Waals surface area contributed by atoms with E-state index in [1.807, 2.05) is 36.5 Å². The summed E-state index contributed by atoms with van der Waals surface area (Å²) in [5.41, 5.74) is 2.38. The molecule has 1 N–H and O–H groups in total. The van der Waals surface area contributed by atoms with Gasteiger partial charge in [0.2, 0.25) is 12.7 Å². The lowest BCUT2D eigenvalue weighted by atomic mass is 10.1. The molecule has 0 saturated heterocycles. The van der Waals surface area contributed by atoms with Gasteiger partial charge in [-0.1, -0.05) is 6.07 Å². The lowest BCUT2D eigenvalue weighted by molar-refractivity contribution is -0.123. The summed E-state index contributed by atoms with van der Waals surface area (Å²) in [6.07, 6.45) is 1.04. The van der Waals surface area contributed by atoms with Gasteiger partial charge in [-0.15, -0.1) is 11.3 Å². The maximum atomic E-state index is 12.4. The van der Waals surface area contributed by atoms with Crippen LogP contribution in [-0.4, -0.2) is 30.7 Å². The van der Waals surface area contributed by atoms with Crippen LogP contribution in [0.3, 0.4) is 0 Å². The number of amides is 1. The Morgan fingerprint density at radius 1 is 1.33 bits per heavy atom. The van der Waals surface area contributed by atoms with E-state index in [-0.39, 0.29) is 18.7 Å². The zero-order valence-electron chi connectivity index (χ0n) is 13.6. The van der Waals surface area contributed by atoms with Crippen molar-refractivity contribution in [3.63, 3.8) is 0 Å². The lowest BCUT2D eigenvalue weighted by Crippen LogP contribution is -2.40. The number of ether oxygens (including phenoxy) is 2. The van der Waals surface area contributed by atoms with Gasteiger partial charge >= 0.3 is 0 Å². The molecule has 24 heavy (non-hydrogen) atoms. The average Bonchev–Trinajstić information content (AvgIpc) is 3.22. The Bertz CT molecular complexity index is 758. The van der Waals surface area contributed by atoms with Gasteiger partial charge in [0.15, 0.2) is 11.5 Å². The lowest BCUT2D eigenvalue weighted by Gasteiger charge is -2.26. The molecule has 3 heterocycles. The smallest absolute Gasteiger partial charge is 0.234 e. The van der Waals surface area contributed by atoms with E-state index in [9.17, 15) is 4.79 Å². The molecule has 2 aliphatic heterocycles. The monoisotopic (exact) mass is 344 g/mol. The van der Waals surface area contributed by atoms with Gasteiger partial charge in [-0.25, -0.2) is 0 Å². The minimum absolute atomic E-state index is 0.0545. The number of thiophene rings is 1. The second kappa shape index (κ2) is 6.45. The molecule has 5 nitrogen and oxygen atoms in total. The number of hydrogen-bond donors (Lipinski definition) is 1. The maximum absolute atomic E-state index is 12.4. The van der Waals surface area contributed by atoms with E-state index in [4.69, 9.17) is 9.47 Å². The highest BCUT2D eigenvalue weighted by Crippen LogP contribution is 2.34. The first kappa shape index (κ1) is 15.5. The largest absolute Gasteiger partial charge is 0.454 e. The van der Waals surface area contributed by atoms with Gasteiger partial charge in [-0.2, -0.15) is 0 Å². The Morgan fingerprint density at radius 3 is 3.12 bits per heavy atom. The molecule has 0 bridgehead atoms. The topological polar surface area (TPSA) is 50.8 Å². The third-order valence-corrected chi connectivity index (χ3v) is 5.55. The van der Waals surface area contributed by atoms with Gasteiger partial charge in [0, 0.05) is 18.0 Å². The molecular formula is C18H20N2O3S. The van der Waals surface area contributed by atoms with Crippen molar-refractivity contribution in [1.29, 1.82) is 0 Å². The minimum Gasteiger partial charge on any atom is -0.454 e. The zero-order chi connectivity index (χ0) is 16.5. The summed E-state index contributed by atoms with van der Waals surface area (Å²) >= 11 is 1.81. The fourth-order valence-electron chi connectivity index (χ4n) is 3.20. The van der Waals surface area contributed by atoms with E-state index in [1.165, 1.54) is 10.4 Å². The van der Waals surface area contributed by atoms with Gasteiger partial charge in [0.25, 0.3) is 0 Å². The van der Waals surface area contributed by atoms with E-state index >= 15 is 0 Å². The van der Waals surface area contributed by atoms with Crippen LogP contribution < -0.4 is 14.8 Å². The molecule has 0 radical (unpaired) electrons. The van der Waals surface area contributed by atoms with Crippen molar-refractivity contribution in [2.75, 3.05) is 19.9 Å². The molecule has 2 aliphatic rings. The Kier molecular flexibility index (Phi) is 4.16. The van der Waals surface area contributed by atoms with Crippen LogP contribution in [0.2, 0.25) is 0 Å². The van der Waals surface area contributed by atoms with E-state index in [1.54, 1.807) is 0 Å². The van der Waals surface area contributed by atoms with E-state index < -0.39 is 0 Å². The molecule has 1 atom stereocenters. The molecule has 1 aromatic carbocycles. The maximum Gasteiger partial charge on any atom is 0.234 e. The molecule has 0 aliphatic carbocycles. The van der Waals surface area contributed by atoms with E-state index in [0.717, 1.165) is 36.6 Å². The highest BCUT2D eigenvalue weighted by atomic mass is 32.1. The number of nitrogens with zero attached hydrogens (tertiary/aromatic N) is 1. The summed E-state index contributed by atoms with van der Waals surface area (Å²) in [6.45, 7) is 4.50. The molecule has 4 rings (SSSR count). The summed E-state index contributed by atoms with van der Waals surface area (Å²) in [4.78, 5) is 16.0. The number of carbonyl (C=O) groups is 1. The fraction of sp³-hybridized carbons (Fsp3) is 0.389. The number of carbonyl (C=O) groups excluding carboxylic acids is 1. The molecular weight excluding hydrogens is 324 g/mol. The number of fused-ring (bicyclic) bond motifs is 2. The molecule has 1 amide bonds. The van der Waals surface area contributed by atoms with Crippen LogP contribution in [0.15, 0.2) is 29.6 Å². The van der Waals surface area contributed by atoms with Crippen molar-refractivity contribution in [1.82, 2.24) is 10.2 Å². The van der Waals surface area contributed by atoms with Gasteiger partial charge in [0.05, 0.1) is 12.6 Å². The Morgan fingerprint density at radius 2 is 2.21 bits per heavy atom. The van der Waals surface area contributed by atoms with Crippen LogP contribution in [0.4, 0.5) is 0 Å². The van der Waals surface area contributed by atoms with Crippen molar-refractivity contribution in [2.45, 2.75) is 25.9 Å². The molecule has 0 unspecified atom stereocenters. The quantitative estimate of drug-likeness (QED) is 0.927. The van der Waals surface area contributed by atoms with Gasteiger partial charge in [-0.05, 0) is 48.1 Å². The second-order valence-electron chi connectivity index (χ2n) is 6.23. The van der Waals surface area contributed by atoms with Crippen molar-refractivity contribution >= 4 is 17.2 Å². The van der Waals surface area contributed by atoms with Crippen LogP contribution in [-0.2, 0) is 17.8 Å². The van der Waals surface area contributed by atoms with E-state index in [2.05, 4.69) is 21.7 Å². The van der Waals surface area contributed by atoms with Crippen LogP contribution in [0.1, 0.15) is 29.0 Å². The van der Waals surface area contributed by atoms with Gasteiger partial charge in [0.1, 0.15) is 0 Å². The molecule has 126 valence electrons. The first-order valence-electron chi connectivity index (χ1n) is 8.15. The fourth-order valence-corrected chi connectivity index (χ4v) is 4.09. The summed E-state index contributed by atoms with van der Waals surface area (Å²) in [5, 5.41) is 5.21. The predicted octanol–water partition coefficient (Wildman–Crippen LogP) is 2.71. The highest BCUT2D eigenvalue weighted by molar-refractivity contribution is 7.10. The first-order valence-corrected chi connectivity index (χ1v) is 9.03. The minimum atomic E-state index is -0.0616. The predicted molar refractivity (Wildman–Crippen MR) is 92.4 cm³/mol. The first-order chi connectivity index (χ1) is 11.7. The Balaban J connectivity index is 1.34. The summed E-state index contributed by atoms with van der Waals surface area (Å²) < 4.78 is 10.7. The summed E-state index contributed by atoms with van der Waals surface area (Å²) in [6, 6.07) is 7.90. The van der Waals surface area contributed by atoms with Crippen molar-refractivity contribution in [3.8, 4) is 11.5 Å². The van der Waals surface area contributed by atoms with Crippen LogP contribution in [0, 0.1) is 0 Å². The van der Waals surface area contributed by atoms with Gasteiger partial charge < -0.3 is 14.8 Å². The number of rotatable bonds is 4. The van der Waals surface area contributed by atoms with Crippen LogP contribution >= 0.6 is 11.3 Å². The molecule has 1 aromatic heterocycles. The van der Waals surface area contributed by atoms with Crippen molar-refractivity contribution in [2.24, 2.45) is 0 Å². The van der Waals surface area contributed by atoms with Crippen molar-refractivity contribution < 1.29 is 14.3 Å². The van der Waals surface area contributed by atoms with Crippen LogP contribution in [0.5, 0.6) is 11.5 Å². The molecule has 0 fully saturated rings. The Labute approximate surface area is 145 Å². The zero-order valence-corrected chi connectivity index (χ0v) is 14.4. The molecule has 0 saturated carbocycles. The highest BCUT2D eigenvalue weighted by Gasteiger charge is 2.21. The summed E-state index contributed by atoms with van der Waals surface area (Å²) in [7, 11) is 0. The third kappa shape index (κ3) is 3.12. The van der Waals surface area contributed by atoms with Gasteiger partial charge in [-0.3, -0.25) is 9.69 Å². The SMILES string of the molecule is C[C@H](NC(=O)CN1CCc2sccc2C1)c1ccc2c(c1)OCO2. The van der Waals surface area contributed by atoms with E-state index in [0.29, 0.717) is 6.54 Å². The summed E-state index contributed by atoms with van der Waals surface area (Å²) in [5.74, 6) is 1.56.